The molecule has 1 aromatic carbocycles. The lowest BCUT2D eigenvalue weighted by Crippen LogP contribution is -2.22. The van der Waals surface area contributed by atoms with Gasteiger partial charge in [-0.1, -0.05) is 30.3 Å². The summed E-state index contributed by atoms with van der Waals surface area (Å²) in [5.74, 6) is 1.02. The van der Waals surface area contributed by atoms with Gasteiger partial charge in [0.1, 0.15) is 5.82 Å². The summed E-state index contributed by atoms with van der Waals surface area (Å²) in [4.78, 5) is 4.45. The predicted molar refractivity (Wildman–Crippen MR) is 62.0 cm³/mol. The van der Waals surface area contributed by atoms with E-state index in [1.165, 1.54) is 0 Å². The molecule has 3 heteroatoms. The van der Waals surface area contributed by atoms with Gasteiger partial charge >= 0.3 is 0 Å². The molecule has 0 aliphatic carbocycles. The summed E-state index contributed by atoms with van der Waals surface area (Å²) in [6.07, 6.45) is 3.22. The fraction of sp³-hybridized carbons (Fsp3) is 0.308. The van der Waals surface area contributed by atoms with Gasteiger partial charge in [0.2, 0.25) is 0 Å². The zero-order valence-electron chi connectivity index (χ0n) is 9.00. The molecule has 0 amide bonds. The maximum Gasteiger partial charge on any atom is 0.140 e. The number of benzene rings is 1. The molecule has 3 nitrogen and oxygen atoms in total. The predicted octanol–water partition coefficient (Wildman–Crippen LogP) is 1.86. The summed E-state index contributed by atoms with van der Waals surface area (Å²) in [5, 5.41) is 9.59. The third-order valence-corrected chi connectivity index (χ3v) is 3.10. The van der Waals surface area contributed by atoms with Gasteiger partial charge in [-0.15, -0.1) is 0 Å². The number of hydrogen-bond acceptors (Lipinski definition) is 2. The van der Waals surface area contributed by atoms with E-state index in [1.807, 2.05) is 24.4 Å². The van der Waals surface area contributed by atoms with Crippen LogP contribution in [0.15, 0.2) is 36.5 Å². The van der Waals surface area contributed by atoms with Crippen LogP contribution in [0.4, 0.5) is 0 Å². The summed E-state index contributed by atoms with van der Waals surface area (Å²) in [6, 6.07) is 10.2. The molecule has 1 aliphatic heterocycles. The smallest absolute Gasteiger partial charge is 0.140 e. The molecule has 0 bridgehead atoms. The Balaban J connectivity index is 2.04. The molecule has 0 fully saturated rings. The molecule has 3 rings (SSSR count). The second kappa shape index (κ2) is 3.76. The van der Waals surface area contributed by atoms with Gasteiger partial charge in [0.25, 0.3) is 0 Å². The Labute approximate surface area is 94.4 Å². The Bertz CT molecular complexity index is 490. The number of aliphatic hydroxyl groups is 1. The number of nitrogens with zero attached hydrogens (tertiary/aromatic N) is 2. The topological polar surface area (TPSA) is 38.0 Å². The molecule has 1 unspecified atom stereocenters. The van der Waals surface area contributed by atoms with E-state index in [0.717, 1.165) is 36.5 Å². The standard InChI is InChI=1S/C13H14N2O/c16-12-6-7-15-11(8-12)9-14-13(15)10-4-2-1-3-5-10/h1-5,9,12,16H,6-8H2. The number of aromatic nitrogens is 2. The summed E-state index contributed by atoms with van der Waals surface area (Å²) in [6.45, 7) is 0.862. The highest BCUT2D eigenvalue weighted by atomic mass is 16.3. The minimum atomic E-state index is -0.201. The highest BCUT2D eigenvalue weighted by molar-refractivity contribution is 5.56. The van der Waals surface area contributed by atoms with Crippen molar-refractivity contribution in [1.29, 1.82) is 0 Å². The van der Waals surface area contributed by atoms with Crippen LogP contribution in [0.3, 0.4) is 0 Å². The van der Waals surface area contributed by atoms with Gasteiger partial charge in [0.15, 0.2) is 0 Å². The second-order valence-electron chi connectivity index (χ2n) is 4.24. The van der Waals surface area contributed by atoms with E-state index >= 15 is 0 Å². The number of aliphatic hydroxyl groups excluding tert-OH is 1. The summed E-state index contributed by atoms with van der Waals surface area (Å²) < 4.78 is 2.21. The van der Waals surface area contributed by atoms with Crippen LogP contribution in [-0.4, -0.2) is 20.8 Å². The van der Waals surface area contributed by atoms with Crippen molar-refractivity contribution in [3.05, 3.63) is 42.2 Å². The molecule has 82 valence electrons. The first-order valence-corrected chi connectivity index (χ1v) is 5.62. The minimum absolute atomic E-state index is 0.201. The van der Waals surface area contributed by atoms with E-state index in [4.69, 9.17) is 0 Å². The van der Waals surface area contributed by atoms with Crippen molar-refractivity contribution in [2.24, 2.45) is 0 Å². The van der Waals surface area contributed by atoms with Crippen LogP contribution in [-0.2, 0) is 13.0 Å². The molecule has 16 heavy (non-hydrogen) atoms. The lowest BCUT2D eigenvalue weighted by atomic mass is 10.1. The van der Waals surface area contributed by atoms with Crippen LogP contribution in [0.5, 0.6) is 0 Å². The van der Waals surface area contributed by atoms with Gasteiger partial charge in [-0.05, 0) is 6.42 Å². The second-order valence-corrected chi connectivity index (χ2v) is 4.24. The molecule has 0 spiro atoms. The van der Waals surface area contributed by atoms with Crippen molar-refractivity contribution in [3.8, 4) is 11.4 Å². The molecule has 0 saturated heterocycles. The van der Waals surface area contributed by atoms with E-state index in [-0.39, 0.29) is 6.10 Å². The SMILES string of the molecule is OC1CCn2c(cnc2-c2ccccc2)C1. The Kier molecular flexibility index (Phi) is 2.26. The highest BCUT2D eigenvalue weighted by Crippen LogP contribution is 2.24. The van der Waals surface area contributed by atoms with Crippen LogP contribution in [0.1, 0.15) is 12.1 Å². The zero-order chi connectivity index (χ0) is 11.0. The molecule has 1 atom stereocenters. The molecule has 1 aliphatic rings. The van der Waals surface area contributed by atoms with E-state index in [1.54, 1.807) is 0 Å². The Morgan fingerprint density at radius 2 is 2.06 bits per heavy atom. The number of fused-ring (bicyclic) bond motifs is 1. The summed E-state index contributed by atoms with van der Waals surface area (Å²) >= 11 is 0. The first-order chi connectivity index (χ1) is 7.84. The largest absolute Gasteiger partial charge is 0.393 e. The van der Waals surface area contributed by atoms with E-state index in [9.17, 15) is 5.11 Å². The third kappa shape index (κ3) is 1.53. The van der Waals surface area contributed by atoms with E-state index in [0.29, 0.717) is 0 Å². The van der Waals surface area contributed by atoms with Gasteiger partial charge < -0.3 is 9.67 Å². The quantitative estimate of drug-likeness (QED) is 0.786. The normalized spacial score (nSPS) is 19.4. The number of imidazole rings is 1. The molecular formula is C13H14N2O. The van der Waals surface area contributed by atoms with Gasteiger partial charge in [-0.3, -0.25) is 0 Å². The molecular weight excluding hydrogens is 200 g/mol. The van der Waals surface area contributed by atoms with Crippen molar-refractivity contribution < 1.29 is 5.11 Å². The molecule has 1 N–H and O–H groups in total. The third-order valence-electron chi connectivity index (χ3n) is 3.10. The van der Waals surface area contributed by atoms with Gasteiger partial charge in [-0.2, -0.15) is 0 Å². The molecule has 1 aromatic heterocycles. The van der Waals surface area contributed by atoms with Crippen molar-refractivity contribution in [3.63, 3.8) is 0 Å². The fourth-order valence-electron chi connectivity index (χ4n) is 2.26. The first kappa shape index (κ1) is 9.60. The maximum absolute atomic E-state index is 9.59. The summed E-state index contributed by atoms with van der Waals surface area (Å²) in [5.41, 5.74) is 2.28. The molecule has 0 radical (unpaired) electrons. The average molecular weight is 214 g/mol. The maximum atomic E-state index is 9.59. The number of hydrogen-bond donors (Lipinski definition) is 1. The number of rotatable bonds is 1. The van der Waals surface area contributed by atoms with Crippen LogP contribution in [0.25, 0.3) is 11.4 Å². The van der Waals surface area contributed by atoms with Crippen molar-refractivity contribution in [2.45, 2.75) is 25.5 Å². The Hall–Kier alpha value is -1.61. The van der Waals surface area contributed by atoms with Crippen LogP contribution in [0, 0.1) is 0 Å². The van der Waals surface area contributed by atoms with Crippen LogP contribution in [0.2, 0.25) is 0 Å². The Morgan fingerprint density at radius 3 is 2.88 bits per heavy atom. The van der Waals surface area contributed by atoms with E-state index in [2.05, 4.69) is 21.7 Å². The first-order valence-electron chi connectivity index (χ1n) is 5.62. The molecule has 2 heterocycles. The zero-order valence-corrected chi connectivity index (χ0v) is 9.00. The Morgan fingerprint density at radius 1 is 1.25 bits per heavy atom. The lowest BCUT2D eigenvalue weighted by molar-refractivity contribution is 0.144. The fourth-order valence-corrected chi connectivity index (χ4v) is 2.26. The van der Waals surface area contributed by atoms with Gasteiger partial charge in [0, 0.05) is 30.4 Å². The monoisotopic (exact) mass is 214 g/mol. The van der Waals surface area contributed by atoms with Crippen LogP contribution >= 0.6 is 0 Å². The van der Waals surface area contributed by atoms with Crippen molar-refractivity contribution in [1.82, 2.24) is 9.55 Å². The van der Waals surface area contributed by atoms with Crippen molar-refractivity contribution in [2.75, 3.05) is 0 Å². The molecule has 2 aromatic rings. The van der Waals surface area contributed by atoms with Gasteiger partial charge in [0.05, 0.1) is 6.10 Å². The van der Waals surface area contributed by atoms with E-state index < -0.39 is 0 Å². The lowest BCUT2D eigenvalue weighted by Gasteiger charge is -2.21. The van der Waals surface area contributed by atoms with Crippen molar-refractivity contribution >= 4 is 0 Å². The van der Waals surface area contributed by atoms with Crippen LogP contribution < -0.4 is 0 Å². The minimum Gasteiger partial charge on any atom is -0.393 e. The highest BCUT2D eigenvalue weighted by Gasteiger charge is 2.19. The molecule has 0 saturated carbocycles. The van der Waals surface area contributed by atoms with Gasteiger partial charge in [-0.25, -0.2) is 4.98 Å². The average Bonchev–Trinajstić information content (AvgIpc) is 2.73. The summed E-state index contributed by atoms with van der Waals surface area (Å²) in [7, 11) is 0.